The molecule has 4 aromatic rings. The molecular weight excluding hydrogens is 449 g/mol. The number of hydrazone groups is 1. The lowest BCUT2D eigenvalue weighted by Crippen LogP contribution is -2.18. The molecule has 0 spiro atoms. The van der Waals surface area contributed by atoms with E-state index in [1.807, 2.05) is 78.9 Å². The standard InChI is InChI=1S/C22H16IN3O/c23-17-12-10-15(11-13-17)14-24-26-22(27)21-20(16-6-2-1-3-7-16)18-8-4-5-9-19(18)25-21/h1-14,25H,(H,26,27)/b24-14-. The molecule has 0 unspecified atom stereocenters. The fraction of sp³-hybridized carbons (Fsp3) is 0. The smallest absolute Gasteiger partial charge is 0.288 e. The van der Waals surface area contributed by atoms with Crippen molar-refractivity contribution < 1.29 is 4.79 Å². The van der Waals surface area contributed by atoms with Crippen molar-refractivity contribution in [3.8, 4) is 11.1 Å². The highest BCUT2D eigenvalue weighted by molar-refractivity contribution is 14.1. The van der Waals surface area contributed by atoms with Crippen molar-refractivity contribution >= 4 is 45.6 Å². The molecule has 0 aliphatic heterocycles. The van der Waals surface area contributed by atoms with Crippen LogP contribution in [-0.2, 0) is 0 Å². The third kappa shape index (κ3) is 3.78. The SMILES string of the molecule is O=C(N/N=C\c1ccc(I)cc1)c1[nH]c2ccccc2c1-c1ccccc1. The van der Waals surface area contributed by atoms with E-state index in [9.17, 15) is 4.79 Å². The highest BCUT2D eigenvalue weighted by Crippen LogP contribution is 2.32. The van der Waals surface area contributed by atoms with E-state index < -0.39 is 0 Å². The van der Waals surface area contributed by atoms with E-state index in [0.717, 1.165) is 31.2 Å². The molecule has 1 amide bonds. The molecule has 132 valence electrons. The van der Waals surface area contributed by atoms with E-state index in [2.05, 4.69) is 38.1 Å². The summed E-state index contributed by atoms with van der Waals surface area (Å²) in [4.78, 5) is 16.0. The van der Waals surface area contributed by atoms with Crippen LogP contribution in [0.2, 0.25) is 0 Å². The molecule has 0 aliphatic rings. The number of rotatable bonds is 4. The minimum atomic E-state index is -0.271. The predicted molar refractivity (Wildman–Crippen MR) is 118 cm³/mol. The Balaban J connectivity index is 1.66. The number of benzene rings is 3. The second-order valence-corrected chi connectivity index (χ2v) is 7.28. The van der Waals surface area contributed by atoms with Crippen molar-refractivity contribution in [3.05, 3.63) is 93.7 Å². The van der Waals surface area contributed by atoms with Crippen LogP contribution in [0.3, 0.4) is 0 Å². The third-order valence-electron chi connectivity index (χ3n) is 4.25. The molecule has 4 nitrogen and oxygen atoms in total. The van der Waals surface area contributed by atoms with E-state index in [1.165, 1.54) is 0 Å². The normalized spacial score (nSPS) is 11.1. The molecule has 5 heteroatoms. The largest absolute Gasteiger partial charge is 0.350 e. The van der Waals surface area contributed by atoms with Gasteiger partial charge in [-0.3, -0.25) is 4.79 Å². The number of aromatic amines is 1. The quantitative estimate of drug-likeness (QED) is 0.243. The number of H-pyrrole nitrogens is 1. The van der Waals surface area contributed by atoms with Gasteiger partial charge in [-0.05, 0) is 51.9 Å². The number of fused-ring (bicyclic) bond motifs is 1. The number of hydrogen-bond donors (Lipinski definition) is 2. The topological polar surface area (TPSA) is 57.2 Å². The van der Waals surface area contributed by atoms with Gasteiger partial charge >= 0.3 is 0 Å². The van der Waals surface area contributed by atoms with Crippen molar-refractivity contribution in [3.63, 3.8) is 0 Å². The Labute approximate surface area is 170 Å². The van der Waals surface area contributed by atoms with E-state index in [4.69, 9.17) is 0 Å². The molecular formula is C22H16IN3O. The highest BCUT2D eigenvalue weighted by atomic mass is 127. The zero-order valence-electron chi connectivity index (χ0n) is 14.3. The van der Waals surface area contributed by atoms with Crippen LogP contribution >= 0.6 is 22.6 Å². The Hall–Kier alpha value is -2.93. The number of para-hydroxylation sites is 1. The Morgan fingerprint density at radius 3 is 2.41 bits per heavy atom. The molecule has 0 atom stereocenters. The number of hydrogen-bond acceptors (Lipinski definition) is 2. The number of carbonyl (C=O) groups excluding carboxylic acids is 1. The summed E-state index contributed by atoms with van der Waals surface area (Å²) in [5.74, 6) is -0.271. The Morgan fingerprint density at radius 2 is 1.63 bits per heavy atom. The summed E-state index contributed by atoms with van der Waals surface area (Å²) in [5, 5.41) is 5.12. The fourth-order valence-electron chi connectivity index (χ4n) is 2.99. The van der Waals surface area contributed by atoms with Gasteiger partial charge in [-0.1, -0.05) is 60.7 Å². The van der Waals surface area contributed by atoms with Crippen LogP contribution in [0.1, 0.15) is 16.1 Å². The van der Waals surface area contributed by atoms with Crippen LogP contribution in [0.25, 0.3) is 22.0 Å². The summed E-state index contributed by atoms with van der Waals surface area (Å²) in [6.07, 6.45) is 1.64. The zero-order chi connectivity index (χ0) is 18.6. The number of carbonyl (C=O) groups is 1. The number of amides is 1. The van der Waals surface area contributed by atoms with E-state index >= 15 is 0 Å². The van der Waals surface area contributed by atoms with Gasteiger partial charge in [0.1, 0.15) is 5.69 Å². The molecule has 27 heavy (non-hydrogen) atoms. The van der Waals surface area contributed by atoms with Crippen LogP contribution in [0.15, 0.2) is 84.0 Å². The molecule has 0 bridgehead atoms. The van der Waals surface area contributed by atoms with Crippen molar-refractivity contribution in [2.24, 2.45) is 5.10 Å². The summed E-state index contributed by atoms with van der Waals surface area (Å²) in [6.45, 7) is 0. The van der Waals surface area contributed by atoms with E-state index in [0.29, 0.717) is 5.69 Å². The Bertz CT molecular complexity index is 1120. The highest BCUT2D eigenvalue weighted by Gasteiger charge is 2.18. The maximum Gasteiger partial charge on any atom is 0.288 e. The lowest BCUT2D eigenvalue weighted by atomic mass is 10.0. The molecule has 0 aliphatic carbocycles. The molecule has 1 aromatic heterocycles. The molecule has 0 radical (unpaired) electrons. The lowest BCUT2D eigenvalue weighted by Gasteiger charge is -2.04. The number of aromatic nitrogens is 1. The third-order valence-corrected chi connectivity index (χ3v) is 4.96. The van der Waals surface area contributed by atoms with Gasteiger partial charge in [0.2, 0.25) is 0 Å². The van der Waals surface area contributed by atoms with Gasteiger partial charge in [0, 0.05) is 20.0 Å². The fourth-order valence-corrected chi connectivity index (χ4v) is 3.35. The number of nitrogens with one attached hydrogen (secondary N) is 2. The Kier molecular flexibility index (Phi) is 5.02. The number of halogens is 1. The van der Waals surface area contributed by atoms with Crippen molar-refractivity contribution in [2.75, 3.05) is 0 Å². The second-order valence-electron chi connectivity index (χ2n) is 6.04. The van der Waals surface area contributed by atoms with Gasteiger partial charge in [0.25, 0.3) is 5.91 Å². The molecule has 0 saturated carbocycles. The van der Waals surface area contributed by atoms with E-state index in [1.54, 1.807) is 6.21 Å². The molecule has 3 aromatic carbocycles. The van der Waals surface area contributed by atoms with Gasteiger partial charge < -0.3 is 4.98 Å². The van der Waals surface area contributed by atoms with Gasteiger partial charge in [-0.25, -0.2) is 5.43 Å². The van der Waals surface area contributed by atoms with Gasteiger partial charge in [0.15, 0.2) is 0 Å². The summed E-state index contributed by atoms with van der Waals surface area (Å²) >= 11 is 2.25. The van der Waals surface area contributed by atoms with Crippen molar-refractivity contribution in [1.29, 1.82) is 0 Å². The summed E-state index contributed by atoms with van der Waals surface area (Å²) < 4.78 is 1.15. The lowest BCUT2D eigenvalue weighted by molar-refractivity contribution is 0.0951. The maximum atomic E-state index is 12.8. The van der Waals surface area contributed by atoms with Crippen LogP contribution in [-0.4, -0.2) is 17.1 Å². The Morgan fingerprint density at radius 1 is 0.926 bits per heavy atom. The van der Waals surface area contributed by atoms with Crippen LogP contribution < -0.4 is 5.43 Å². The number of nitrogens with zero attached hydrogens (tertiary/aromatic N) is 1. The first-order valence-electron chi connectivity index (χ1n) is 8.47. The first-order valence-corrected chi connectivity index (χ1v) is 9.55. The van der Waals surface area contributed by atoms with Gasteiger partial charge in [0.05, 0.1) is 6.21 Å². The minimum absolute atomic E-state index is 0.271. The van der Waals surface area contributed by atoms with Crippen molar-refractivity contribution in [1.82, 2.24) is 10.4 Å². The molecule has 1 heterocycles. The zero-order valence-corrected chi connectivity index (χ0v) is 16.5. The first kappa shape index (κ1) is 17.5. The summed E-state index contributed by atoms with van der Waals surface area (Å²) in [5.41, 5.74) is 6.85. The monoisotopic (exact) mass is 465 g/mol. The summed E-state index contributed by atoms with van der Waals surface area (Å²) in [7, 11) is 0. The summed E-state index contributed by atoms with van der Waals surface area (Å²) in [6, 6.07) is 25.7. The average Bonchev–Trinajstić information content (AvgIpc) is 3.10. The molecule has 0 saturated heterocycles. The molecule has 0 fully saturated rings. The molecule has 2 N–H and O–H groups in total. The average molecular weight is 465 g/mol. The maximum absolute atomic E-state index is 12.8. The van der Waals surface area contributed by atoms with E-state index in [-0.39, 0.29) is 5.91 Å². The first-order chi connectivity index (χ1) is 13.2. The van der Waals surface area contributed by atoms with Crippen LogP contribution in [0.4, 0.5) is 0 Å². The minimum Gasteiger partial charge on any atom is -0.350 e. The van der Waals surface area contributed by atoms with Crippen LogP contribution in [0, 0.1) is 3.57 Å². The predicted octanol–water partition coefficient (Wildman–Crippen LogP) is 5.20. The second kappa shape index (κ2) is 7.75. The van der Waals surface area contributed by atoms with Crippen LogP contribution in [0.5, 0.6) is 0 Å². The molecule has 4 rings (SSSR count). The van der Waals surface area contributed by atoms with Crippen molar-refractivity contribution in [2.45, 2.75) is 0 Å². The van der Waals surface area contributed by atoms with Gasteiger partial charge in [-0.2, -0.15) is 5.10 Å². The van der Waals surface area contributed by atoms with Gasteiger partial charge in [-0.15, -0.1) is 0 Å².